The molecule has 2 fully saturated rings. The van der Waals surface area contributed by atoms with E-state index in [-0.39, 0.29) is 5.91 Å². The van der Waals surface area contributed by atoms with Crippen LogP contribution in [-0.2, 0) is 9.59 Å². The van der Waals surface area contributed by atoms with Crippen LogP contribution >= 0.6 is 0 Å². The van der Waals surface area contributed by atoms with Crippen LogP contribution in [0.2, 0.25) is 0 Å². The van der Waals surface area contributed by atoms with Gasteiger partial charge < -0.3 is 10.0 Å². The highest BCUT2D eigenvalue weighted by Gasteiger charge is 2.45. The predicted octanol–water partition coefficient (Wildman–Crippen LogP) is 2.52. The van der Waals surface area contributed by atoms with Crippen molar-refractivity contribution in [3.8, 4) is 0 Å². The number of amides is 1. The average Bonchev–Trinajstić information content (AvgIpc) is 2.69. The van der Waals surface area contributed by atoms with Crippen LogP contribution in [0.5, 0.6) is 0 Å². The van der Waals surface area contributed by atoms with Gasteiger partial charge in [0.25, 0.3) is 0 Å². The van der Waals surface area contributed by atoms with Gasteiger partial charge in [-0.3, -0.25) is 9.59 Å². The van der Waals surface area contributed by atoms with E-state index in [4.69, 9.17) is 0 Å². The highest BCUT2D eigenvalue weighted by atomic mass is 16.4. The monoisotopic (exact) mass is 267 g/mol. The van der Waals surface area contributed by atoms with Crippen molar-refractivity contribution in [3.05, 3.63) is 0 Å². The van der Waals surface area contributed by atoms with Crippen molar-refractivity contribution in [2.24, 2.45) is 17.3 Å². The first-order valence-electron chi connectivity index (χ1n) is 7.35. The van der Waals surface area contributed by atoms with Crippen LogP contribution in [0.4, 0.5) is 0 Å². The Balaban J connectivity index is 2.16. The third kappa shape index (κ3) is 2.77. The van der Waals surface area contributed by atoms with E-state index < -0.39 is 17.3 Å². The summed E-state index contributed by atoms with van der Waals surface area (Å²) in [7, 11) is 0. The van der Waals surface area contributed by atoms with Crippen molar-refractivity contribution in [1.82, 2.24) is 4.90 Å². The maximum atomic E-state index is 12.6. The lowest BCUT2D eigenvalue weighted by Crippen LogP contribution is -2.48. The molecule has 19 heavy (non-hydrogen) atoms. The minimum Gasteiger partial charge on any atom is -0.481 e. The molecule has 4 nitrogen and oxygen atoms in total. The maximum Gasteiger partial charge on any atom is 0.316 e. The SMILES string of the molecule is CC(C)(C)C(C(=O)O)C(=O)N1CCC2CCCCC21. The Bertz CT molecular complexity index is 372. The van der Waals surface area contributed by atoms with Crippen LogP contribution in [0.1, 0.15) is 52.9 Å². The van der Waals surface area contributed by atoms with Crippen molar-refractivity contribution in [2.45, 2.75) is 58.9 Å². The first kappa shape index (κ1) is 14.4. The molecule has 0 aromatic heterocycles. The Hall–Kier alpha value is -1.06. The summed E-state index contributed by atoms with van der Waals surface area (Å²) in [5.41, 5.74) is -0.532. The third-order valence-electron chi connectivity index (χ3n) is 4.65. The summed E-state index contributed by atoms with van der Waals surface area (Å²) in [6.45, 7) is 6.24. The highest BCUT2D eigenvalue weighted by Crippen LogP contribution is 2.38. The highest BCUT2D eigenvalue weighted by molar-refractivity contribution is 5.98. The number of hydrogen-bond acceptors (Lipinski definition) is 2. The van der Waals surface area contributed by atoms with Gasteiger partial charge in [0.05, 0.1) is 0 Å². The molecule has 2 aliphatic rings. The lowest BCUT2D eigenvalue weighted by Gasteiger charge is -2.36. The molecule has 0 spiro atoms. The normalized spacial score (nSPS) is 28.9. The van der Waals surface area contributed by atoms with E-state index in [1.807, 2.05) is 25.7 Å². The summed E-state index contributed by atoms with van der Waals surface area (Å²) in [4.78, 5) is 26.0. The topological polar surface area (TPSA) is 57.6 Å². The number of aliphatic carboxylic acids is 1. The molecular weight excluding hydrogens is 242 g/mol. The van der Waals surface area contributed by atoms with Gasteiger partial charge in [-0.1, -0.05) is 33.6 Å². The summed E-state index contributed by atoms with van der Waals surface area (Å²) in [5.74, 6) is -1.48. The first-order chi connectivity index (χ1) is 8.82. The van der Waals surface area contributed by atoms with Gasteiger partial charge in [-0.15, -0.1) is 0 Å². The second kappa shape index (κ2) is 5.14. The van der Waals surface area contributed by atoms with Gasteiger partial charge in [0.2, 0.25) is 5.91 Å². The number of carboxylic acid groups (broad SMARTS) is 1. The van der Waals surface area contributed by atoms with Crippen LogP contribution in [0.3, 0.4) is 0 Å². The molecule has 4 heteroatoms. The molecule has 3 unspecified atom stereocenters. The number of carbonyl (C=O) groups excluding carboxylic acids is 1. The Kier molecular flexibility index (Phi) is 3.88. The molecule has 3 atom stereocenters. The molecule has 1 saturated carbocycles. The van der Waals surface area contributed by atoms with Crippen molar-refractivity contribution in [2.75, 3.05) is 6.54 Å². The fourth-order valence-corrected chi connectivity index (χ4v) is 3.69. The quantitative estimate of drug-likeness (QED) is 0.782. The molecule has 0 aromatic carbocycles. The van der Waals surface area contributed by atoms with Crippen LogP contribution in [0.15, 0.2) is 0 Å². The van der Waals surface area contributed by atoms with Crippen LogP contribution in [0.25, 0.3) is 0 Å². The van der Waals surface area contributed by atoms with E-state index in [1.165, 1.54) is 12.8 Å². The number of likely N-dealkylation sites (tertiary alicyclic amines) is 1. The molecule has 0 aromatic rings. The fraction of sp³-hybridized carbons (Fsp3) is 0.867. The first-order valence-corrected chi connectivity index (χ1v) is 7.35. The van der Waals surface area contributed by atoms with Gasteiger partial charge in [0, 0.05) is 12.6 Å². The number of fused-ring (bicyclic) bond motifs is 1. The molecule has 1 heterocycles. The van der Waals surface area contributed by atoms with Gasteiger partial charge in [-0.25, -0.2) is 0 Å². The van der Waals surface area contributed by atoms with E-state index in [0.717, 1.165) is 25.8 Å². The van der Waals surface area contributed by atoms with Gasteiger partial charge in [0.15, 0.2) is 0 Å². The molecule has 2 rings (SSSR count). The third-order valence-corrected chi connectivity index (χ3v) is 4.65. The smallest absolute Gasteiger partial charge is 0.316 e. The largest absolute Gasteiger partial charge is 0.481 e. The lowest BCUT2D eigenvalue weighted by molar-refractivity contribution is -0.157. The Morgan fingerprint density at radius 3 is 2.37 bits per heavy atom. The molecule has 1 aliphatic carbocycles. The molecule has 1 amide bonds. The zero-order valence-electron chi connectivity index (χ0n) is 12.2. The maximum absolute atomic E-state index is 12.6. The Labute approximate surface area is 115 Å². The zero-order valence-corrected chi connectivity index (χ0v) is 12.2. The summed E-state index contributed by atoms with van der Waals surface area (Å²) in [6.07, 6.45) is 5.71. The van der Waals surface area contributed by atoms with E-state index >= 15 is 0 Å². The number of carbonyl (C=O) groups is 2. The van der Waals surface area contributed by atoms with Gasteiger partial charge in [-0.2, -0.15) is 0 Å². The zero-order chi connectivity index (χ0) is 14.2. The van der Waals surface area contributed by atoms with Crippen LogP contribution < -0.4 is 0 Å². The van der Waals surface area contributed by atoms with Crippen molar-refractivity contribution in [1.29, 1.82) is 0 Å². The standard InChI is InChI=1S/C15H25NO3/c1-15(2,3)12(14(18)19)13(17)16-9-8-10-6-4-5-7-11(10)16/h10-12H,4-9H2,1-3H3,(H,18,19). The van der Waals surface area contributed by atoms with Crippen molar-refractivity contribution >= 4 is 11.9 Å². The van der Waals surface area contributed by atoms with Gasteiger partial charge in [-0.05, 0) is 30.6 Å². The van der Waals surface area contributed by atoms with Crippen LogP contribution in [0, 0.1) is 17.3 Å². The van der Waals surface area contributed by atoms with Gasteiger partial charge in [0.1, 0.15) is 5.92 Å². The lowest BCUT2D eigenvalue weighted by atomic mass is 9.79. The molecule has 0 bridgehead atoms. The van der Waals surface area contributed by atoms with E-state index in [2.05, 4.69) is 0 Å². The minimum atomic E-state index is -0.989. The second-order valence-corrected chi connectivity index (χ2v) is 7.07. The summed E-state index contributed by atoms with van der Waals surface area (Å²) < 4.78 is 0. The Morgan fingerprint density at radius 2 is 1.79 bits per heavy atom. The summed E-state index contributed by atoms with van der Waals surface area (Å²) in [5, 5.41) is 9.39. The van der Waals surface area contributed by atoms with E-state index in [1.54, 1.807) is 0 Å². The minimum absolute atomic E-state index is 0.172. The molecular formula is C15H25NO3. The molecule has 1 saturated heterocycles. The van der Waals surface area contributed by atoms with Gasteiger partial charge >= 0.3 is 5.97 Å². The average molecular weight is 267 g/mol. The Morgan fingerprint density at radius 1 is 1.16 bits per heavy atom. The predicted molar refractivity (Wildman–Crippen MR) is 72.7 cm³/mol. The number of carboxylic acids is 1. The molecule has 0 radical (unpaired) electrons. The van der Waals surface area contributed by atoms with E-state index in [9.17, 15) is 14.7 Å². The number of hydrogen-bond donors (Lipinski definition) is 1. The van der Waals surface area contributed by atoms with Crippen molar-refractivity contribution in [3.63, 3.8) is 0 Å². The number of nitrogens with zero attached hydrogens (tertiary/aromatic N) is 1. The second-order valence-electron chi connectivity index (χ2n) is 7.07. The summed E-state index contributed by atoms with van der Waals surface area (Å²) >= 11 is 0. The molecule has 108 valence electrons. The molecule has 1 N–H and O–H groups in total. The van der Waals surface area contributed by atoms with E-state index in [0.29, 0.717) is 12.0 Å². The van der Waals surface area contributed by atoms with Crippen LogP contribution in [-0.4, -0.2) is 34.5 Å². The van der Waals surface area contributed by atoms with Crippen molar-refractivity contribution < 1.29 is 14.7 Å². The fourth-order valence-electron chi connectivity index (χ4n) is 3.69. The summed E-state index contributed by atoms with van der Waals surface area (Å²) in [6, 6.07) is 0.297. The molecule has 1 aliphatic heterocycles. The number of rotatable bonds is 2.